The molecular weight excluding hydrogens is 617 g/mol. The molecule has 47 heavy (non-hydrogen) atoms. The fourth-order valence-electron chi connectivity index (χ4n) is 6.04. The van der Waals surface area contributed by atoms with Crippen molar-refractivity contribution in [3.8, 4) is 0 Å². The lowest BCUT2D eigenvalue weighted by Crippen LogP contribution is -2.47. The van der Waals surface area contributed by atoms with Crippen LogP contribution in [0.3, 0.4) is 0 Å². The third-order valence-electron chi connectivity index (χ3n) is 7.91. The van der Waals surface area contributed by atoms with Crippen LogP contribution in [0, 0.1) is 11.6 Å². The van der Waals surface area contributed by atoms with Crippen molar-refractivity contribution < 1.29 is 46.4 Å². The Morgan fingerprint density at radius 3 is 2.15 bits per heavy atom. The van der Waals surface area contributed by atoms with E-state index >= 15 is 13.2 Å². The van der Waals surface area contributed by atoms with Crippen LogP contribution in [-0.4, -0.2) is 94.5 Å². The van der Waals surface area contributed by atoms with Crippen LogP contribution in [-0.2, 0) is 39.7 Å². The van der Waals surface area contributed by atoms with E-state index in [-0.39, 0.29) is 56.9 Å². The third kappa shape index (κ3) is 10.3. The summed E-state index contributed by atoms with van der Waals surface area (Å²) >= 11 is 0. The molecule has 0 fully saturated rings. The maximum Gasteiger partial charge on any atom is 0.332 e. The summed E-state index contributed by atoms with van der Waals surface area (Å²) in [6.07, 6.45) is 1.19. The predicted octanol–water partition coefficient (Wildman–Crippen LogP) is 5.43. The van der Waals surface area contributed by atoms with Crippen LogP contribution in [0.2, 0.25) is 0 Å². The second-order valence-corrected chi connectivity index (χ2v) is 12.2. The van der Waals surface area contributed by atoms with Crippen molar-refractivity contribution in [1.82, 2.24) is 4.90 Å². The molecule has 258 valence electrons. The molecule has 1 amide bonds. The molecule has 1 N–H and O–H groups in total. The summed E-state index contributed by atoms with van der Waals surface area (Å²) in [5, 5.41) is 2.49. The Morgan fingerprint density at radius 2 is 1.53 bits per heavy atom. The van der Waals surface area contributed by atoms with Gasteiger partial charge in [-0.2, -0.15) is 0 Å². The number of ether oxygens (including phenoxy) is 5. The number of amides is 1. The first kappa shape index (κ1) is 36.5. The Morgan fingerprint density at radius 1 is 0.936 bits per heavy atom. The summed E-state index contributed by atoms with van der Waals surface area (Å²) in [4.78, 5) is 25.5. The van der Waals surface area contributed by atoms with E-state index in [2.05, 4.69) is 5.32 Å². The number of esters is 1. The summed E-state index contributed by atoms with van der Waals surface area (Å²) < 4.78 is 72.6. The zero-order valence-electron chi connectivity index (χ0n) is 27.5. The van der Waals surface area contributed by atoms with E-state index in [4.69, 9.17) is 23.7 Å². The van der Waals surface area contributed by atoms with Gasteiger partial charge in [-0.1, -0.05) is 24.3 Å². The first-order valence-corrected chi connectivity index (χ1v) is 16.0. The monoisotopic (exact) mass is 662 g/mol. The number of rotatable bonds is 18. The molecule has 0 saturated heterocycles. The van der Waals surface area contributed by atoms with Crippen molar-refractivity contribution in [1.29, 1.82) is 0 Å². The summed E-state index contributed by atoms with van der Waals surface area (Å²) in [5.74, 6) is -2.63. The van der Waals surface area contributed by atoms with Crippen molar-refractivity contribution in [2.45, 2.75) is 58.3 Å². The number of hydrogen-bond acceptors (Lipinski definition) is 8. The lowest BCUT2D eigenvalue weighted by atomic mass is 9.84. The summed E-state index contributed by atoms with van der Waals surface area (Å²) in [7, 11) is 0. The van der Waals surface area contributed by atoms with E-state index in [1.807, 2.05) is 36.1 Å². The highest BCUT2D eigenvalue weighted by atomic mass is 19.1. The van der Waals surface area contributed by atoms with Crippen molar-refractivity contribution in [3.05, 3.63) is 70.3 Å². The number of carbonyl (C=O) groups is 2. The minimum Gasteiger partial charge on any atom is -0.464 e. The Hall–Kier alpha value is -3.29. The number of carbonyl (C=O) groups excluding carboxylic acids is 2. The fourth-order valence-corrected chi connectivity index (χ4v) is 6.04. The Kier molecular flexibility index (Phi) is 13.4. The molecule has 9 nitrogen and oxygen atoms in total. The lowest BCUT2D eigenvalue weighted by molar-refractivity contribution is -0.149. The normalized spacial score (nSPS) is 17.9. The highest BCUT2D eigenvalue weighted by molar-refractivity contribution is 5.91. The first-order valence-electron chi connectivity index (χ1n) is 16.0. The minimum absolute atomic E-state index is 0.00488. The Labute approximate surface area is 274 Å². The van der Waals surface area contributed by atoms with Gasteiger partial charge in [-0.05, 0) is 74.9 Å². The van der Waals surface area contributed by atoms with Crippen LogP contribution in [0.5, 0.6) is 0 Å². The van der Waals surface area contributed by atoms with Crippen LogP contribution in [0.15, 0.2) is 42.0 Å². The van der Waals surface area contributed by atoms with Crippen LogP contribution in [0.4, 0.5) is 18.9 Å². The molecule has 4 rings (SSSR count). The number of nitrogens with one attached hydrogen (secondary N) is 1. The summed E-state index contributed by atoms with van der Waals surface area (Å²) in [5.41, 5.74) is 2.34. The highest BCUT2D eigenvalue weighted by Gasteiger charge is 2.43. The molecule has 0 unspecified atom stereocenters. The van der Waals surface area contributed by atoms with Crippen LogP contribution in [0.25, 0.3) is 5.57 Å². The quantitative estimate of drug-likeness (QED) is 0.167. The van der Waals surface area contributed by atoms with Gasteiger partial charge in [-0.25, -0.2) is 18.0 Å². The molecule has 2 atom stereocenters. The Bertz CT molecular complexity index is 1390. The number of fused-ring (bicyclic) bond motifs is 2. The van der Waals surface area contributed by atoms with E-state index in [9.17, 15) is 9.59 Å². The number of alkyl halides is 1. The number of benzene rings is 2. The molecule has 1 aliphatic heterocycles. The summed E-state index contributed by atoms with van der Waals surface area (Å²) in [6.45, 7) is 7.94. The van der Waals surface area contributed by atoms with Gasteiger partial charge in [0.05, 0.1) is 52.3 Å². The van der Waals surface area contributed by atoms with Gasteiger partial charge < -0.3 is 29.0 Å². The molecule has 12 heteroatoms. The van der Waals surface area contributed by atoms with Crippen LogP contribution >= 0.6 is 0 Å². The Balaban J connectivity index is 1.27. The maximum atomic E-state index is 15.8. The number of hydrogen-bond donors (Lipinski definition) is 1. The average Bonchev–Trinajstić information content (AvgIpc) is 3.36. The van der Waals surface area contributed by atoms with Gasteiger partial charge in [-0.3, -0.25) is 9.69 Å². The first-order chi connectivity index (χ1) is 22.5. The van der Waals surface area contributed by atoms with Gasteiger partial charge in [0.2, 0.25) is 5.91 Å². The highest BCUT2D eigenvalue weighted by Crippen LogP contribution is 2.50. The molecule has 2 aliphatic rings. The van der Waals surface area contributed by atoms with Crippen LogP contribution < -0.4 is 5.32 Å². The van der Waals surface area contributed by atoms with E-state index in [1.165, 1.54) is 13.8 Å². The molecule has 1 aliphatic carbocycles. The molecule has 2 aromatic rings. The van der Waals surface area contributed by atoms with Crippen LogP contribution in [0.1, 0.15) is 56.8 Å². The number of nitrogens with zero attached hydrogens (tertiary/aromatic N) is 1. The average molecular weight is 663 g/mol. The third-order valence-corrected chi connectivity index (χ3v) is 7.91. The van der Waals surface area contributed by atoms with Gasteiger partial charge in [0.25, 0.3) is 0 Å². The molecular formula is C35H45F3N2O7. The molecule has 0 radical (unpaired) electrons. The smallest absolute Gasteiger partial charge is 0.332 e. The van der Waals surface area contributed by atoms with Crippen molar-refractivity contribution in [2.75, 3.05) is 71.3 Å². The standard InChI is InChI=1S/C35H45F3N2O7/c1-5-47-32(42)21-46-15-13-44-11-10-43-12-14-45-20-31(41)39-25-18-29(36)33(30(37)19-25)34-28-17-24-8-6-7-9-26(24)27(28)16-23(2)40(34)22-35(3,4)38/h6-9,18-19,23,34H,5,10-17,20-22H2,1-4H3,(H,39,41)/t23-,34+/m1/s1. The van der Waals surface area contributed by atoms with Gasteiger partial charge in [0.15, 0.2) is 0 Å². The van der Waals surface area contributed by atoms with Gasteiger partial charge in [0.1, 0.15) is 30.5 Å². The number of halogens is 3. The van der Waals surface area contributed by atoms with Gasteiger partial charge in [0, 0.05) is 23.8 Å². The molecule has 0 saturated carbocycles. The SMILES string of the molecule is CCOC(=O)COCCOCCOCCOCC(=O)Nc1cc(F)c([C@@H]2C3=C(C[C@@H](C)N2CC(C)(C)F)c2ccccc2C3)c(F)c1. The molecule has 1 heterocycles. The van der Waals surface area contributed by atoms with Gasteiger partial charge >= 0.3 is 5.97 Å². The van der Waals surface area contributed by atoms with Crippen molar-refractivity contribution in [2.24, 2.45) is 0 Å². The molecule has 0 aromatic heterocycles. The van der Waals surface area contributed by atoms with Crippen molar-refractivity contribution >= 4 is 23.1 Å². The largest absolute Gasteiger partial charge is 0.464 e. The second-order valence-electron chi connectivity index (χ2n) is 12.2. The summed E-state index contributed by atoms with van der Waals surface area (Å²) in [6, 6.07) is 9.19. The van der Waals surface area contributed by atoms with E-state index < -0.39 is 35.2 Å². The zero-order valence-corrected chi connectivity index (χ0v) is 27.5. The van der Waals surface area contributed by atoms with E-state index in [0.717, 1.165) is 34.4 Å². The maximum absolute atomic E-state index is 15.8. The van der Waals surface area contributed by atoms with E-state index in [1.54, 1.807) is 6.92 Å². The fraction of sp³-hybridized carbons (Fsp3) is 0.543. The van der Waals surface area contributed by atoms with Crippen molar-refractivity contribution in [3.63, 3.8) is 0 Å². The molecule has 0 spiro atoms. The zero-order chi connectivity index (χ0) is 34.0. The minimum atomic E-state index is -1.58. The van der Waals surface area contributed by atoms with E-state index in [0.29, 0.717) is 39.3 Å². The predicted molar refractivity (Wildman–Crippen MR) is 171 cm³/mol. The second kappa shape index (κ2) is 17.2. The topological polar surface area (TPSA) is 95.6 Å². The lowest BCUT2D eigenvalue weighted by Gasteiger charge is -2.44. The number of anilines is 1. The molecule has 2 aromatic carbocycles. The van der Waals surface area contributed by atoms with Gasteiger partial charge in [-0.15, -0.1) is 0 Å². The molecule has 0 bridgehead atoms.